The lowest BCUT2D eigenvalue weighted by molar-refractivity contribution is -0.144. The average molecular weight is 388 g/mol. The van der Waals surface area contributed by atoms with E-state index in [1.54, 1.807) is 0 Å². The van der Waals surface area contributed by atoms with Gasteiger partial charge in [-0.25, -0.2) is 13.2 Å². The number of halogens is 2. The number of nitrogens with zero attached hydrogens (tertiary/aromatic N) is 1. The van der Waals surface area contributed by atoms with Gasteiger partial charge in [-0.15, -0.1) is 0 Å². The summed E-state index contributed by atoms with van der Waals surface area (Å²) in [6.07, 6.45) is -1.32. The number of benzene rings is 2. The molecule has 1 N–H and O–H groups in total. The van der Waals surface area contributed by atoms with Crippen LogP contribution in [0.2, 0.25) is 10.0 Å². The van der Waals surface area contributed by atoms with Crippen LogP contribution in [0.5, 0.6) is 5.75 Å². The van der Waals surface area contributed by atoms with Crippen LogP contribution in [-0.2, 0) is 14.8 Å². The normalized spacial score (nSPS) is 17.1. The molecule has 0 bridgehead atoms. The number of carboxylic acids is 1. The third-order valence-corrected chi connectivity index (χ3v) is 5.75. The van der Waals surface area contributed by atoms with Gasteiger partial charge in [0.15, 0.2) is 0 Å². The molecule has 6 nitrogen and oxygen atoms in total. The number of aliphatic carboxylic acids is 1. The quantitative estimate of drug-likeness (QED) is 0.874. The SMILES string of the molecule is O=C(O)[C@@H]1CN(S(=O)(=O)c2ccc(Cl)cc2)c2cc(Cl)ccc2O1. The first kappa shape index (κ1) is 16.9. The zero-order valence-electron chi connectivity index (χ0n) is 12.0. The third kappa shape index (κ3) is 3.02. The maximum absolute atomic E-state index is 12.9. The lowest BCUT2D eigenvalue weighted by Crippen LogP contribution is -2.47. The fourth-order valence-corrected chi connectivity index (χ4v) is 4.07. The van der Waals surface area contributed by atoms with Crippen LogP contribution >= 0.6 is 23.2 Å². The molecule has 2 aromatic carbocycles. The van der Waals surface area contributed by atoms with Crippen LogP contribution in [0.1, 0.15) is 0 Å². The first-order chi connectivity index (χ1) is 11.3. The summed E-state index contributed by atoms with van der Waals surface area (Å²) in [6.45, 7) is -0.367. The van der Waals surface area contributed by atoms with Gasteiger partial charge in [0.1, 0.15) is 5.75 Å². The highest BCUT2D eigenvalue weighted by atomic mass is 35.5. The Kier molecular flexibility index (Phi) is 4.33. The number of hydrogen-bond acceptors (Lipinski definition) is 4. The Balaban J connectivity index is 2.13. The van der Waals surface area contributed by atoms with Gasteiger partial charge in [0.05, 0.1) is 17.1 Å². The smallest absolute Gasteiger partial charge is 0.346 e. The van der Waals surface area contributed by atoms with Crippen LogP contribution in [0.3, 0.4) is 0 Å². The third-order valence-electron chi connectivity index (χ3n) is 3.47. The van der Waals surface area contributed by atoms with Crippen molar-refractivity contribution in [1.82, 2.24) is 0 Å². The van der Waals surface area contributed by atoms with E-state index < -0.39 is 22.1 Å². The zero-order chi connectivity index (χ0) is 17.5. The van der Waals surface area contributed by atoms with Crippen LogP contribution in [0.4, 0.5) is 5.69 Å². The molecule has 24 heavy (non-hydrogen) atoms. The molecule has 1 heterocycles. The Morgan fingerprint density at radius 3 is 2.38 bits per heavy atom. The van der Waals surface area contributed by atoms with Gasteiger partial charge in [-0.05, 0) is 42.5 Å². The van der Waals surface area contributed by atoms with Crippen molar-refractivity contribution in [3.05, 3.63) is 52.5 Å². The van der Waals surface area contributed by atoms with E-state index >= 15 is 0 Å². The molecule has 3 rings (SSSR count). The fraction of sp³-hybridized carbons (Fsp3) is 0.133. The van der Waals surface area contributed by atoms with Crippen LogP contribution < -0.4 is 9.04 Å². The Labute approximate surface area is 148 Å². The molecule has 1 atom stereocenters. The van der Waals surface area contributed by atoms with E-state index in [9.17, 15) is 18.3 Å². The largest absolute Gasteiger partial charge is 0.478 e. The number of fused-ring (bicyclic) bond motifs is 1. The molecule has 0 amide bonds. The van der Waals surface area contributed by atoms with E-state index in [0.717, 1.165) is 4.31 Å². The van der Waals surface area contributed by atoms with Gasteiger partial charge >= 0.3 is 5.97 Å². The molecule has 0 saturated heterocycles. The first-order valence-electron chi connectivity index (χ1n) is 6.76. The van der Waals surface area contributed by atoms with Gasteiger partial charge < -0.3 is 9.84 Å². The highest BCUT2D eigenvalue weighted by Crippen LogP contribution is 2.38. The molecular weight excluding hydrogens is 377 g/mol. The second-order valence-corrected chi connectivity index (χ2v) is 7.78. The lowest BCUT2D eigenvalue weighted by atomic mass is 10.2. The van der Waals surface area contributed by atoms with Crippen molar-refractivity contribution in [1.29, 1.82) is 0 Å². The maximum atomic E-state index is 12.9. The van der Waals surface area contributed by atoms with E-state index in [2.05, 4.69) is 0 Å². The van der Waals surface area contributed by atoms with Gasteiger partial charge in [-0.2, -0.15) is 0 Å². The van der Waals surface area contributed by atoms with Crippen molar-refractivity contribution in [3.63, 3.8) is 0 Å². The summed E-state index contributed by atoms with van der Waals surface area (Å²) in [5.74, 6) is -1.12. The molecule has 0 unspecified atom stereocenters. The van der Waals surface area contributed by atoms with E-state index in [0.29, 0.717) is 10.0 Å². The second kappa shape index (κ2) is 6.16. The monoisotopic (exact) mass is 387 g/mol. The number of carbonyl (C=O) groups is 1. The Morgan fingerprint density at radius 2 is 1.75 bits per heavy atom. The molecular formula is C15H11Cl2NO5S. The van der Waals surface area contributed by atoms with Crippen molar-refractivity contribution in [2.75, 3.05) is 10.8 Å². The van der Waals surface area contributed by atoms with Gasteiger partial charge in [0, 0.05) is 10.0 Å². The summed E-state index contributed by atoms with van der Waals surface area (Å²) in [7, 11) is -4.00. The van der Waals surface area contributed by atoms with Crippen molar-refractivity contribution >= 4 is 44.9 Å². The number of ether oxygens (including phenoxy) is 1. The zero-order valence-corrected chi connectivity index (χ0v) is 14.3. The van der Waals surface area contributed by atoms with Crippen LogP contribution in [0.15, 0.2) is 47.4 Å². The van der Waals surface area contributed by atoms with Crippen molar-refractivity contribution in [2.45, 2.75) is 11.0 Å². The van der Waals surface area contributed by atoms with Gasteiger partial charge in [0.2, 0.25) is 6.10 Å². The van der Waals surface area contributed by atoms with Crippen LogP contribution in [0, 0.1) is 0 Å². The minimum atomic E-state index is -4.00. The topological polar surface area (TPSA) is 83.9 Å². The summed E-state index contributed by atoms with van der Waals surface area (Å²) >= 11 is 11.7. The minimum Gasteiger partial charge on any atom is -0.478 e. The standard InChI is InChI=1S/C15H11Cl2NO5S/c16-9-1-4-11(5-2-9)24(21,22)18-8-14(15(19)20)23-13-6-3-10(17)7-12(13)18/h1-7,14H,8H2,(H,19,20)/t14-/m0/s1. The van der Waals surface area contributed by atoms with Crippen molar-refractivity contribution in [3.8, 4) is 5.75 Å². The molecule has 9 heteroatoms. The molecule has 0 aromatic heterocycles. The summed E-state index contributed by atoms with van der Waals surface area (Å²) in [6, 6.07) is 9.96. The van der Waals surface area contributed by atoms with E-state index in [-0.39, 0.29) is 22.9 Å². The summed E-state index contributed by atoms with van der Waals surface area (Å²) < 4.78 is 32.2. The molecule has 2 aromatic rings. The van der Waals surface area contributed by atoms with Crippen LogP contribution in [0.25, 0.3) is 0 Å². The Morgan fingerprint density at radius 1 is 1.12 bits per heavy atom. The molecule has 1 aliphatic rings. The molecule has 0 spiro atoms. The number of anilines is 1. The molecule has 126 valence electrons. The predicted octanol–water partition coefficient (Wildman–Crippen LogP) is 3.03. The first-order valence-corrected chi connectivity index (χ1v) is 8.96. The Bertz CT molecular complexity index is 899. The highest BCUT2D eigenvalue weighted by molar-refractivity contribution is 7.92. The average Bonchev–Trinajstić information content (AvgIpc) is 2.54. The minimum absolute atomic E-state index is 0.0103. The lowest BCUT2D eigenvalue weighted by Gasteiger charge is -2.33. The molecule has 0 aliphatic carbocycles. The maximum Gasteiger partial charge on any atom is 0.346 e. The molecule has 0 saturated carbocycles. The van der Waals surface area contributed by atoms with E-state index in [1.165, 1.54) is 42.5 Å². The van der Waals surface area contributed by atoms with E-state index in [1.807, 2.05) is 0 Å². The Hall–Kier alpha value is -1.96. The summed E-state index contributed by atoms with van der Waals surface area (Å²) in [5.41, 5.74) is 0.190. The van der Waals surface area contributed by atoms with Crippen molar-refractivity contribution < 1.29 is 23.1 Å². The summed E-state index contributed by atoms with van der Waals surface area (Å²) in [4.78, 5) is 11.3. The van der Waals surface area contributed by atoms with Crippen LogP contribution in [-0.4, -0.2) is 32.1 Å². The fourth-order valence-electron chi connectivity index (χ4n) is 2.31. The number of hydrogen-bond donors (Lipinski definition) is 1. The molecule has 1 aliphatic heterocycles. The molecule has 0 fully saturated rings. The van der Waals surface area contributed by atoms with E-state index in [4.69, 9.17) is 27.9 Å². The van der Waals surface area contributed by atoms with Gasteiger partial charge in [-0.3, -0.25) is 4.31 Å². The number of sulfonamides is 1. The predicted molar refractivity (Wildman–Crippen MR) is 89.5 cm³/mol. The summed E-state index contributed by atoms with van der Waals surface area (Å²) in [5, 5.41) is 9.92. The van der Waals surface area contributed by atoms with Gasteiger partial charge in [-0.1, -0.05) is 23.2 Å². The number of rotatable bonds is 3. The molecule has 0 radical (unpaired) electrons. The number of carboxylic acid groups (broad SMARTS) is 1. The van der Waals surface area contributed by atoms with Crippen molar-refractivity contribution in [2.24, 2.45) is 0 Å². The highest BCUT2D eigenvalue weighted by Gasteiger charge is 2.37. The van der Waals surface area contributed by atoms with Gasteiger partial charge in [0.25, 0.3) is 10.0 Å². The second-order valence-electron chi connectivity index (χ2n) is 5.05.